The maximum atomic E-state index is 12.4. The minimum atomic E-state index is -1.12. The summed E-state index contributed by atoms with van der Waals surface area (Å²) in [4.78, 5) is 24.5. The van der Waals surface area contributed by atoms with Gasteiger partial charge in [-0.05, 0) is 43.7 Å². The summed E-state index contributed by atoms with van der Waals surface area (Å²) in [5.74, 6) is 0.811. The Kier molecular flexibility index (Phi) is 10.1. The highest BCUT2D eigenvalue weighted by atomic mass is 16.5. The number of amides is 2. The summed E-state index contributed by atoms with van der Waals surface area (Å²) in [6.45, 7) is 7.64. The summed E-state index contributed by atoms with van der Waals surface area (Å²) in [5.41, 5.74) is 4.60. The minimum Gasteiger partial charge on any atom is -0.490 e. The second-order valence-electron chi connectivity index (χ2n) is 8.05. The number of hydrogen-bond acceptors (Lipinski definition) is 9. The minimum absolute atomic E-state index is 0.137. The summed E-state index contributed by atoms with van der Waals surface area (Å²) < 4.78 is 22.0. The van der Waals surface area contributed by atoms with Crippen LogP contribution in [0.5, 0.6) is 17.2 Å². The summed E-state index contributed by atoms with van der Waals surface area (Å²) in [6, 6.07) is 11.2. The number of hydrazone groups is 1. The highest BCUT2D eigenvalue weighted by molar-refractivity contribution is 5.95. The van der Waals surface area contributed by atoms with Gasteiger partial charge in [0.2, 0.25) is 0 Å². The fourth-order valence-electron chi connectivity index (χ4n) is 3.68. The first-order valence-corrected chi connectivity index (χ1v) is 11.9. The molecule has 0 aliphatic carbocycles. The van der Waals surface area contributed by atoms with E-state index in [2.05, 4.69) is 27.7 Å². The molecule has 38 heavy (non-hydrogen) atoms. The number of aliphatic hydroxyl groups is 1. The van der Waals surface area contributed by atoms with Gasteiger partial charge in [-0.15, -0.1) is 0 Å². The third-order valence-corrected chi connectivity index (χ3v) is 5.37. The lowest BCUT2D eigenvalue weighted by Gasteiger charge is -2.28. The molecule has 0 spiro atoms. The van der Waals surface area contributed by atoms with Crippen LogP contribution in [0.3, 0.4) is 0 Å². The fourth-order valence-corrected chi connectivity index (χ4v) is 3.68. The highest BCUT2D eigenvalue weighted by Gasteiger charge is 2.32. The molecule has 11 heteroatoms. The van der Waals surface area contributed by atoms with E-state index in [9.17, 15) is 14.7 Å². The van der Waals surface area contributed by atoms with Crippen molar-refractivity contribution >= 4 is 18.2 Å². The summed E-state index contributed by atoms with van der Waals surface area (Å²) >= 11 is 0. The van der Waals surface area contributed by atoms with E-state index in [4.69, 9.17) is 18.9 Å². The molecular weight excluding hydrogens is 492 g/mol. The van der Waals surface area contributed by atoms with E-state index in [1.807, 2.05) is 31.2 Å². The lowest BCUT2D eigenvalue weighted by Crippen LogP contribution is -2.45. The van der Waals surface area contributed by atoms with Crippen molar-refractivity contribution in [3.8, 4) is 17.2 Å². The molecule has 1 aliphatic heterocycles. The lowest BCUT2D eigenvalue weighted by molar-refractivity contribution is -0.136. The first-order valence-electron chi connectivity index (χ1n) is 11.9. The van der Waals surface area contributed by atoms with E-state index in [1.165, 1.54) is 13.3 Å². The number of aliphatic hydroxyl groups excluding tert-OH is 1. The second-order valence-corrected chi connectivity index (χ2v) is 8.05. The molecule has 2 atom stereocenters. The largest absolute Gasteiger partial charge is 0.490 e. The molecule has 2 aromatic carbocycles. The van der Waals surface area contributed by atoms with Crippen LogP contribution in [0.2, 0.25) is 0 Å². The highest BCUT2D eigenvalue weighted by Crippen LogP contribution is 2.34. The van der Waals surface area contributed by atoms with E-state index in [0.717, 1.165) is 5.56 Å². The molecule has 1 heterocycles. The standard InChI is InChI=1S/C27H32N4O7/c1-5-13-37-20-10-8-7-9-19(20)15-28-31-23(32)16-38-21-12-11-18(14-22(21)36-6-2)25-24(26(33)35-4)17(3)29-27(34)30-25/h5,7-12,14-15,23,25,31-32H,1,6,13,16H2,2-4H3,(H2,29,30,34)/b28-15-/t23-,25-/m1/s1. The van der Waals surface area contributed by atoms with E-state index in [-0.39, 0.29) is 12.2 Å². The predicted molar refractivity (Wildman–Crippen MR) is 141 cm³/mol. The quantitative estimate of drug-likeness (QED) is 0.103. The van der Waals surface area contributed by atoms with Crippen LogP contribution >= 0.6 is 0 Å². The zero-order chi connectivity index (χ0) is 27.5. The number of rotatable bonds is 13. The number of urea groups is 1. The van der Waals surface area contributed by atoms with Crippen molar-refractivity contribution in [1.29, 1.82) is 0 Å². The summed E-state index contributed by atoms with van der Waals surface area (Å²) in [5, 5.41) is 19.7. The first-order chi connectivity index (χ1) is 18.4. The fraction of sp³-hybridized carbons (Fsp3) is 0.296. The van der Waals surface area contributed by atoms with Gasteiger partial charge in [-0.2, -0.15) is 5.10 Å². The van der Waals surface area contributed by atoms with Gasteiger partial charge in [-0.25, -0.2) is 9.59 Å². The number of benzene rings is 2. The van der Waals surface area contributed by atoms with Crippen LogP contribution in [0.15, 0.2) is 71.5 Å². The van der Waals surface area contributed by atoms with Crippen molar-refractivity contribution in [2.24, 2.45) is 5.10 Å². The van der Waals surface area contributed by atoms with Crippen molar-refractivity contribution < 1.29 is 33.6 Å². The average molecular weight is 525 g/mol. The second kappa shape index (κ2) is 13.7. The van der Waals surface area contributed by atoms with Gasteiger partial charge < -0.3 is 34.7 Å². The monoisotopic (exact) mass is 524 g/mol. The molecule has 2 amide bonds. The summed E-state index contributed by atoms with van der Waals surface area (Å²) in [6.07, 6.45) is 2.06. The molecule has 0 unspecified atom stereocenters. The Hall–Kier alpha value is -4.51. The molecule has 2 aromatic rings. The van der Waals surface area contributed by atoms with Gasteiger partial charge in [0.1, 0.15) is 19.0 Å². The Bertz CT molecular complexity index is 1210. The van der Waals surface area contributed by atoms with Crippen LogP contribution < -0.4 is 30.3 Å². The van der Waals surface area contributed by atoms with Crippen LogP contribution in [0.1, 0.15) is 31.0 Å². The van der Waals surface area contributed by atoms with Gasteiger partial charge in [0, 0.05) is 11.3 Å². The SMILES string of the molecule is C=CCOc1ccccc1/C=N\N[C@H](O)COc1ccc([C@H]2NC(=O)NC(C)=C2C(=O)OC)cc1OCC. The maximum Gasteiger partial charge on any atom is 0.337 e. The van der Waals surface area contributed by atoms with Crippen LogP contribution in [0.4, 0.5) is 4.79 Å². The molecule has 0 bridgehead atoms. The number of allylic oxidation sites excluding steroid dienone is 1. The van der Waals surface area contributed by atoms with Gasteiger partial charge in [-0.3, -0.25) is 5.43 Å². The Morgan fingerprint density at radius 3 is 2.71 bits per heavy atom. The molecule has 0 aromatic heterocycles. The van der Waals surface area contributed by atoms with Crippen molar-refractivity contribution in [1.82, 2.24) is 16.1 Å². The molecule has 202 valence electrons. The lowest BCUT2D eigenvalue weighted by atomic mass is 9.95. The van der Waals surface area contributed by atoms with Crippen molar-refractivity contribution in [2.45, 2.75) is 26.1 Å². The molecule has 1 aliphatic rings. The Morgan fingerprint density at radius 2 is 1.97 bits per heavy atom. The van der Waals surface area contributed by atoms with Crippen molar-refractivity contribution in [2.75, 3.05) is 26.9 Å². The molecule has 4 N–H and O–H groups in total. The normalized spacial score (nSPS) is 15.8. The third-order valence-electron chi connectivity index (χ3n) is 5.37. The number of para-hydroxylation sites is 1. The van der Waals surface area contributed by atoms with Gasteiger partial charge >= 0.3 is 12.0 Å². The van der Waals surface area contributed by atoms with Crippen molar-refractivity contribution in [3.05, 3.63) is 77.5 Å². The number of esters is 1. The third kappa shape index (κ3) is 7.26. The predicted octanol–water partition coefficient (Wildman–Crippen LogP) is 2.77. The average Bonchev–Trinajstić information content (AvgIpc) is 2.91. The van der Waals surface area contributed by atoms with Gasteiger partial charge in [-0.1, -0.05) is 30.9 Å². The number of ether oxygens (including phenoxy) is 4. The van der Waals surface area contributed by atoms with Gasteiger partial charge in [0.15, 0.2) is 17.7 Å². The Labute approximate surface area is 221 Å². The number of hydrogen-bond donors (Lipinski definition) is 4. The maximum absolute atomic E-state index is 12.4. The molecule has 0 saturated heterocycles. The summed E-state index contributed by atoms with van der Waals surface area (Å²) in [7, 11) is 1.28. The smallest absolute Gasteiger partial charge is 0.337 e. The van der Waals surface area contributed by atoms with E-state index in [1.54, 1.807) is 31.2 Å². The number of methoxy groups -OCH3 is 1. The number of nitrogens with one attached hydrogen (secondary N) is 3. The van der Waals surface area contributed by atoms with Crippen LogP contribution in [0, 0.1) is 0 Å². The molecule has 0 radical (unpaired) electrons. The van der Waals surface area contributed by atoms with Crippen LogP contribution in [0.25, 0.3) is 0 Å². The molecule has 0 fully saturated rings. The van der Waals surface area contributed by atoms with E-state index < -0.39 is 24.3 Å². The van der Waals surface area contributed by atoms with Crippen LogP contribution in [-0.4, -0.2) is 56.5 Å². The van der Waals surface area contributed by atoms with Crippen LogP contribution in [-0.2, 0) is 9.53 Å². The van der Waals surface area contributed by atoms with Gasteiger partial charge in [0.25, 0.3) is 0 Å². The topological polar surface area (TPSA) is 140 Å². The molecule has 11 nitrogen and oxygen atoms in total. The Morgan fingerprint density at radius 1 is 1.18 bits per heavy atom. The zero-order valence-corrected chi connectivity index (χ0v) is 21.5. The van der Waals surface area contributed by atoms with E-state index in [0.29, 0.717) is 41.7 Å². The van der Waals surface area contributed by atoms with E-state index >= 15 is 0 Å². The van der Waals surface area contributed by atoms with Gasteiger partial charge in [0.05, 0.1) is 31.5 Å². The molecular formula is C27H32N4O7. The van der Waals surface area contributed by atoms with Crippen molar-refractivity contribution in [3.63, 3.8) is 0 Å². The number of nitrogens with zero attached hydrogens (tertiary/aromatic N) is 1. The zero-order valence-electron chi connectivity index (χ0n) is 21.5. The molecule has 0 saturated carbocycles. The number of carbonyl (C=O) groups is 2. The molecule has 3 rings (SSSR count). The number of carbonyl (C=O) groups excluding carboxylic acids is 2. The Balaban J connectivity index is 1.69. The first kappa shape index (κ1) is 28.1.